The predicted octanol–water partition coefficient (Wildman–Crippen LogP) is 0.785. The number of piperazine rings is 1. The quantitative estimate of drug-likeness (QED) is 0.793. The third kappa shape index (κ3) is 4.28. The lowest BCUT2D eigenvalue weighted by atomic mass is 9.87. The summed E-state index contributed by atoms with van der Waals surface area (Å²) in [5, 5.41) is 3.26. The van der Waals surface area contributed by atoms with Crippen LogP contribution in [0, 0.1) is 5.41 Å². The number of nitrogens with one attached hydrogen (secondary N) is 1. The molecule has 1 aliphatic rings. The van der Waals surface area contributed by atoms with E-state index in [0.29, 0.717) is 12.6 Å². The number of carbonyl (C=O) groups excluding carboxylic acids is 1. The van der Waals surface area contributed by atoms with Crippen molar-refractivity contribution in [2.24, 2.45) is 5.41 Å². The van der Waals surface area contributed by atoms with Gasteiger partial charge >= 0.3 is 0 Å². The molecule has 0 spiro atoms. The van der Waals surface area contributed by atoms with Crippen LogP contribution < -0.4 is 5.32 Å². The van der Waals surface area contributed by atoms with E-state index < -0.39 is 0 Å². The SMILES string of the molecule is CC(N(C)CC(=O)N1CCNCC1)C(C)(C)C. The van der Waals surface area contributed by atoms with Crippen molar-refractivity contribution in [2.75, 3.05) is 39.8 Å². The van der Waals surface area contributed by atoms with Gasteiger partial charge in [0.1, 0.15) is 0 Å². The highest BCUT2D eigenvalue weighted by Crippen LogP contribution is 2.22. The van der Waals surface area contributed by atoms with Crippen molar-refractivity contribution in [1.82, 2.24) is 15.1 Å². The highest BCUT2D eigenvalue weighted by atomic mass is 16.2. The topological polar surface area (TPSA) is 35.6 Å². The molecule has 1 amide bonds. The van der Waals surface area contributed by atoms with Crippen LogP contribution in [0.1, 0.15) is 27.7 Å². The second-order valence-corrected chi connectivity index (χ2v) is 6.09. The number of amides is 1. The summed E-state index contributed by atoms with van der Waals surface area (Å²) in [5.74, 6) is 0.255. The fourth-order valence-corrected chi connectivity index (χ4v) is 2.03. The number of carbonyl (C=O) groups is 1. The molecule has 4 heteroatoms. The van der Waals surface area contributed by atoms with E-state index in [2.05, 4.69) is 37.9 Å². The molecule has 1 heterocycles. The zero-order chi connectivity index (χ0) is 13.1. The molecule has 0 bridgehead atoms. The van der Waals surface area contributed by atoms with Crippen molar-refractivity contribution in [1.29, 1.82) is 0 Å². The van der Waals surface area contributed by atoms with Crippen LogP contribution in [-0.2, 0) is 4.79 Å². The Morgan fingerprint density at radius 1 is 1.35 bits per heavy atom. The summed E-state index contributed by atoms with van der Waals surface area (Å²) < 4.78 is 0. The molecule has 1 N–H and O–H groups in total. The molecule has 0 aromatic rings. The van der Waals surface area contributed by atoms with Crippen molar-refractivity contribution in [3.8, 4) is 0 Å². The smallest absolute Gasteiger partial charge is 0.236 e. The van der Waals surface area contributed by atoms with Gasteiger partial charge in [-0.2, -0.15) is 0 Å². The first-order valence-electron chi connectivity index (χ1n) is 6.51. The Morgan fingerprint density at radius 2 is 1.88 bits per heavy atom. The van der Waals surface area contributed by atoms with E-state index in [4.69, 9.17) is 0 Å². The standard InChI is InChI=1S/C13H27N3O/c1-11(13(2,3)4)15(5)10-12(17)16-8-6-14-7-9-16/h11,14H,6-10H2,1-5H3. The largest absolute Gasteiger partial charge is 0.339 e. The van der Waals surface area contributed by atoms with Crippen LogP contribution in [0.15, 0.2) is 0 Å². The first kappa shape index (κ1) is 14.5. The summed E-state index contributed by atoms with van der Waals surface area (Å²) in [6, 6.07) is 0.398. The molecule has 0 radical (unpaired) electrons. The maximum absolute atomic E-state index is 12.1. The molecular formula is C13H27N3O. The molecule has 0 saturated carbocycles. The second-order valence-electron chi connectivity index (χ2n) is 6.09. The van der Waals surface area contributed by atoms with Gasteiger partial charge in [-0.1, -0.05) is 20.8 Å². The lowest BCUT2D eigenvalue weighted by molar-refractivity contribution is -0.133. The Bertz CT molecular complexity index is 254. The highest BCUT2D eigenvalue weighted by Gasteiger charge is 2.26. The van der Waals surface area contributed by atoms with E-state index >= 15 is 0 Å². The molecule has 1 aliphatic heterocycles. The van der Waals surface area contributed by atoms with Gasteiger partial charge in [-0.3, -0.25) is 9.69 Å². The van der Waals surface area contributed by atoms with Crippen LogP contribution in [0.25, 0.3) is 0 Å². The summed E-state index contributed by atoms with van der Waals surface area (Å²) in [4.78, 5) is 16.2. The molecule has 1 unspecified atom stereocenters. The van der Waals surface area contributed by atoms with E-state index in [-0.39, 0.29) is 11.3 Å². The first-order valence-corrected chi connectivity index (χ1v) is 6.51. The zero-order valence-corrected chi connectivity index (χ0v) is 11.9. The van der Waals surface area contributed by atoms with E-state index in [9.17, 15) is 4.79 Å². The Hall–Kier alpha value is -0.610. The summed E-state index contributed by atoms with van der Waals surface area (Å²) in [6.07, 6.45) is 0. The van der Waals surface area contributed by atoms with Crippen LogP contribution in [-0.4, -0.2) is 61.5 Å². The lowest BCUT2D eigenvalue weighted by Gasteiger charge is -2.36. The minimum absolute atomic E-state index is 0.207. The molecule has 0 aromatic heterocycles. The zero-order valence-electron chi connectivity index (χ0n) is 11.9. The minimum Gasteiger partial charge on any atom is -0.339 e. The number of rotatable bonds is 3. The van der Waals surface area contributed by atoms with Gasteiger partial charge in [-0.15, -0.1) is 0 Å². The summed E-state index contributed by atoms with van der Waals surface area (Å²) in [7, 11) is 2.04. The maximum atomic E-state index is 12.1. The van der Waals surface area contributed by atoms with E-state index in [1.165, 1.54) is 0 Å². The Balaban J connectivity index is 2.44. The average molecular weight is 241 g/mol. The molecular weight excluding hydrogens is 214 g/mol. The molecule has 17 heavy (non-hydrogen) atoms. The average Bonchev–Trinajstić information content (AvgIpc) is 2.27. The van der Waals surface area contributed by atoms with Crippen molar-refractivity contribution in [2.45, 2.75) is 33.7 Å². The predicted molar refractivity (Wildman–Crippen MR) is 71.0 cm³/mol. The minimum atomic E-state index is 0.207. The van der Waals surface area contributed by atoms with Crippen LogP contribution >= 0.6 is 0 Å². The van der Waals surface area contributed by atoms with Crippen molar-refractivity contribution in [3.05, 3.63) is 0 Å². The van der Waals surface area contributed by atoms with Crippen molar-refractivity contribution < 1.29 is 4.79 Å². The molecule has 1 atom stereocenters. The summed E-state index contributed by atoms with van der Waals surface area (Å²) >= 11 is 0. The van der Waals surface area contributed by atoms with E-state index in [0.717, 1.165) is 26.2 Å². The van der Waals surface area contributed by atoms with E-state index in [1.54, 1.807) is 0 Å². The first-order chi connectivity index (χ1) is 7.82. The fourth-order valence-electron chi connectivity index (χ4n) is 2.03. The van der Waals surface area contributed by atoms with Crippen LogP contribution in [0.5, 0.6) is 0 Å². The lowest BCUT2D eigenvalue weighted by Crippen LogP contribution is -2.51. The highest BCUT2D eigenvalue weighted by molar-refractivity contribution is 5.78. The van der Waals surface area contributed by atoms with Gasteiger partial charge in [-0.05, 0) is 19.4 Å². The Kier molecular flexibility index (Phi) is 4.95. The fraction of sp³-hybridized carbons (Fsp3) is 0.923. The monoisotopic (exact) mass is 241 g/mol. The van der Waals surface area contributed by atoms with Gasteiger partial charge in [0.2, 0.25) is 5.91 Å². The van der Waals surface area contributed by atoms with Crippen LogP contribution in [0.4, 0.5) is 0 Å². The third-order valence-corrected chi connectivity index (χ3v) is 3.77. The normalized spacial score (nSPS) is 19.5. The molecule has 0 aromatic carbocycles. The molecule has 1 saturated heterocycles. The van der Waals surface area contributed by atoms with Crippen LogP contribution in [0.2, 0.25) is 0 Å². The summed E-state index contributed by atoms with van der Waals surface area (Å²) in [5.41, 5.74) is 0.207. The second kappa shape index (κ2) is 5.83. The maximum Gasteiger partial charge on any atom is 0.236 e. The molecule has 1 fully saturated rings. The van der Waals surface area contributed by atoms with Gasteiger partial charge in [-0.25, -0.2) is 0 Å². The molecule has 4 nitrogen and oxygen atoms in total. The Labute approximate surface area is 105 Å². The molecule has 100 valence electrons. The molecule has 0 aliphatic carbocycles. The van der Waals surface area contributed by atoms with Gasteiger partial charge < -0.3 is 10.2 Å². The van der Waals surface area contributed by atoms with Gasteiger partial charge in [0.25, 0.3) is 0 Å². The number of hydrogen-bond donors (Lipinski definition) is 1. The summed E-state index contributed by atoms with van der Waals surface area (Å²) in [6.45, 7) is 12.9. The number of likely N-dealkylation sites (N-methyl/N-ethyl adjacent to an activating group) is 1. The van der Waals surface area contributed by atoms with Gasteiger partial charge in [0.15, 0.2) is 0 Å². The van der Waals surface area contributed by atoms with Gasteiger partial charge in [0.05, 0.1) is 6.54 Å². The number of nitrogens with zero attached hydrogens (tertiary/aromatic N) is 2. The van der Waals surface area contributed by atoms with Gasteiger partial charge in [0, 0.05) is 32.2 Å². The number of hydrogen-bond acceptors (Lipinski definition) is 3. The van der Waals surface area contributed by atoms with Crippen LogP contribution in [0.3, 0.4) is 0 Å². The van der Waals surface area contributed by atoms with Crippen molar-refractivity contribution in [3.63, 3.8) is 0 Å². The molecule has 1 rings (SSSR count). The third-order valence-electron chi connectivity index (χ3n) is 3.77. The van der Waals surface area contributed by atoms with Crippen molar-refractivity contribution >= 4 is 5.91 Å². The van der Waals surface area contributed by atoms with E-state index in [1.807, 2.05) is 11.9 Å². The Morgan fingerprint density at radius 3 is 2.35 bits per heavy atom.